The summed E-state index contributed by atoms with van der Waals surface area (Å²) in [5.41, 5.74) is 1.29. The Kier molecular flexibility index (Phi) is 7.93. The monoisotopic (exact) mass is 253 g/mol. The highest BCUT2D eigenvalue weighted by Crippen LogP contribution is 2.13. The molecular formula is C14H23NOS. The van der Waals surface area contributed by atoms with Crippen LogP contribution in [0, 0.1) is 0 Å². The first-order chi connectivity index (χ1) is 8.36. The standard InChI is InChI=1S/C14H23NOS/c1-3-8-15-12-13-6-5-7-14(11-13)16-9-10-17-4-2/h5-7,11,15H,3-4,8-10,12H2,1-2H3. The number of thioether (sulfide) groups is 1. The molecule has 0 aromatic heterocycles. The molecule has 96 valence electrons. The van der Waals surface area contributed by atoms with Crippen LogP contribution in [0.25, 0.3) is 0 Å². The van der Waals surface area contributed by atoms with Crippen LogP contribution in [0.3, 0.4) is 0 Å². The van der Waals surface area contributed by atoms with Crippen molar-refractivity contribution in [2.45, 2.75) is 26.8 Å². The fraction of sp³-hybridized carbons (Fsp3) is 0.571. The molecule has 1 aromatic carbocycles. The van der Waals surface area contributed by atoms with E-state index in [4.69, 9.17) is 4.74 Å². The molecule has 1 N–H and O–H groups in total. The summed E-state index contributed by atoms with van der Waals surface area (Å²) in [5.74, 6) is 3.21. The molecule has 0 heterocycles. The molecule has 0 fully saturated rings. The van der Waals surface area contributed by atoms with Crippen molar-refractivity contribution in [3.05, 3.63) is 29.8 Å². The zero-order valence-corrected chi connectivity index (χ0v) is 11.7. The SMILES string of the molecule is CCCNCc1cccc(OCCSCC)c1. The molecule has 0 bridgehead atoms. The lowest BCUT2D eigenvalue weighted by molar-refractivity contribution is 0.343. The Labute approximate surface area is 109 Å². The Morgan fingerprint density at radius 3 is 2.94 bits per heavy atom. The number of ether oxygens (including phenoxy) is 1. The van der Waals surface area contributed by atoms with Crippen LogP contribution in [0.2, 0.25) is 0 Å². The highest BCUT2D eigenvalue weighted by atomic mass is 32.2. The Hall–Kier alpha value is -0.670. The van der Waals surface area contributed by atoms with Crippen molar-refractivity contribution in [1.82, 2.24) is 5.32 Å². The molecule has 0 amide bonds. The summed E-state index contributed by atoms with van der Waals surface area (Å²) in [6, 6.07) is 8.35. The van der Waals surface area contributed by atoms with Gasteiger partial charge in [-0.3, -0.25) is 0 Å². The van der Waals surface area contributed by atoms with Gasteiger partial charge in [0.15, 0.2) is 0 Å². The van der Waals surface area contributed by atoms with Crippen LogP contribution in [0.15, 0.2) is 24.3 Å². The van der Waals surface area contributed by atoms with Gasteiger partial charge in [0.2, 0.25) is 0 Å². The van der Waals surface area contributed by atoms with Crippen molar-refractivity contribution in [3.63, 3.8) is 0 Å². The van der Waals surface area contributed by atoms with Crippen LogP contribution in [-0.2, 0) is 6.54 Å². The second kappa shape index (κ2) is 9.37. The third-order valence-electron chi connectivity index (χ3n) is 2.35. The van der Waals surface area contributed by atoms with Crippen LogP contribution < -0.4 is 10.1 Å². The molecule has 0 unspecified atom stereocenters. The van der Waals surface area contributed by atoms with Gasteiger partial charge in [-0.15, -0.1) is 0 Å². The number of hydrogen-bond acceptors (Lipinski definition) is 3. The third-order valence-corrected chi connectivity index (χ3v) is 3.22. The Morgan fingerprint density at radius 2 is 2.18 bits per heavy atom. The van der Waals surface area contributed by atoms with Gasteiger partial charge >= 0.3 is 0 Å². The zero-order valence-electron chi connectivity index (χ0n) is 10.9. The normalized spacial score (nSPS) is 10.5. The van der Waals surface area contributed by atoms with Crippen LogP contribution in [-0.4, -0.2) is 24.7 Å². The van der Waals surface area contributed by atoms with Gasteiger partial charge in [-0.2, -0.15) is 11.8 Å². The molecule has 2 nitrogen and oxygen atoms in total. The summed E-state index contributed by atoms with van der Waals surface area (Å²) in [4.78, 5) is 0. The van der Waals surface area contributed by atoms with E-state index in [9.17, 15) is 0 Å². The van der Waals surface area contributed by atoms with Gasteiger partial charge in [-0.25, -0.2) is 0 Å². The number of rotatable bonds is 9. The average molecular weight is 253 g/mol. The van der Waals surface area contributed by atoms with E-state index in [1.54, 1.807) is 0 Å². The molecule has 3 heteroatoms. The van der Waals surface area contributed by atoms with E-state index in [2.05, 4.69) is 37.4 Å². The Bertz CT molecular complexity index is 304. The van der Waals surface area contributed by atoms with Gasteiger partial charge in [-0.1, -0.05) is 26.0 Å². The van der Waals surface area contributed by atoms with Crippen molar-refractivity contribution >= 4 is 11.8 Å². The van der Waals surface area contributed by atoms with Crippen molar-refractivity contribution < 1.29 is 4.74 Å². The Balaban J connectivity index is 2.31. The molecule has 0 aliphatic carbocycles. The minimum absolute atomic E-state index is 0.796. The molecule has 1 rings (SSSR count). The largest absolute Gasteiger partial charge is 0.493 e. The summed E-state index contributed by atoms with van der Waals surface area (Å²) in [6.07, 6.45) is 1.17. The fourth-order valence-electron chi connectivity index (χ4n) is 1.52. The summed E-state index contributed by atoms with van der Waals surface area (Å²) < 4.78 is 5.71. The molecular weight excluding hydrogens is 230 g/mol. The molecule has 1 aromatic rings. The molecule has 0 saturated heterocycles. The molecule has 0 aliphatic heterocycles. The highest BCUT2D eigenvalue weighted by molar-refractivity contribution is 7.99. The predicted molar refractivity (Wildman–Crippen MR) is 76.9 cm³/mol. The van der Waals surface area contributed by atoms with Crippen LogP contribution in [0.4, 0.5) is 0 Å². The maximum Gasteiger partial charge on any atom is 0.119 e. The third kappa shape index (κ3) is 6.59. The Morgan fingerprint density at radius 1 is 1.29 bits per heavy atom. The molecule has 0 aliphatic rings. The van der Waals surface area contributed by atoms with Crippen molar-refractivity contribution in [2.24, 2.45) is 0 Å². The van der Waals surface area contributed by atoms with Gasteiger partial charge in [0.1, 0.15) is 5.75 Å². The molecule has 0 atom stereocenters. The lowest BCUT2D eigenvalue weighted by atomic mass is 10.2. The van der Waals surface area contributed by atoms with Crippen LogP contribution in [0.1, 0.15) is 25.8 Å². The smallest absolute Gasteiger partial charge is 0.119 e. The fourth-order valence-corrected chi connectivity index (χ4v) is 2.01. The zero-order chi connectivity index (χ0) is 12.3. The first kappa shape index (κ1) is 14.4. The number of benzene rings is 1. The van der Waals surface area contributed by atoms with E-state index in [0.717, 1.165) is 37.0 Å². The maximum absolute atomic E-state index is 5.71. The van der Waals surface area contributed by atoms with Gasteiger partial charge in [-0.05, 0) is 36.4 Å². The molecule has 0 radical (unpaired) electrons. The average Bonchev–Trinajstić information content (AvgIpc) is 2.36. The lowest BCUT2D eigenvalue weighted by Gasteiger charge is -2.08. The van der Waals surface area contributed by atoms with E-state index >= 15 is 0 Å². The quantitative estimate of drug-likeness (QED) is 0.682. The first-order valence-corrected chi connectivity index (χ1v) is 7.52. The summed E-state index contributed by atoms with van der Waals surface area (Å²) in [7, 11) is 0. The van der Waals surface area contributed by atoms with E-state index in [-0.39, 0.29) is 0 Å². The number of nitrogens with one attached hydrogen (secondary N) is 1. The summed E-state index contributed by atoms with van der Waals surface area (Å²) in [6.45, 7) is 7.14. The van der Waals surface area contributed by atoms with Crippen molar-refractivity contribution in [1.29, 1.82) is 0 Å². The summed E-state index contributed by atoms with van der Waals surface area (Å²) >= 11 is 1.91. The van der Waals surface area contributed by atoms with Crippen LogP contribution in [0.5, 0.6) is 5.75 Å². The van der Waals surface area contributed by atoms with Crippen molar-refractivity contribution in [2.75, 3.05) is 24.7 Å². The molecule has 0 saturated carbocycles. The molecule has 17 heavy (non-hydrogen) atoms. The first-order valence-electron chi connectivity index (χ1n) is 6.37. The van der Waals surface area contributed by atoms with Gasteiger partial charge < -0.3 is 10.1 Å². The van der Waals surface area contributed by atoms with Crippen molar-refractivity contribution in [3.8, 4) is 5.75 Å². The topological polar surface area (TPSA) is 21.3 Å². The molecule has 0 spiro atoms. The second-order valence-corrected chi connectivity index (χ2v) is 5.26. The van der Waals surface area contributed by atoms with Gasteiger partial charge in [0, 0.05) is 12.3 Å². The lowest BCUT2D eigenvalue weighted by Crippen LogP contribution is -2.13. The van der Waals surface area contributed by atoms with Crippen LogP contribution >= 0.6 is 11.8 Å². The number of hydrogen-bond donors (Lipinski definition) is 1. The van der Waals surface area contributed by atoms with Gasteiger partial charge in [0.05, 0.1) is 6.61 Å². The predicted octanol–water partition coefficient (Wildman–Crippen LogP) is 3.32. The van der Waals surface area contributed by atoms with E-state index in [0.29, 0.717) is 0 Å². The van der Waals surface area contributed by atoms with Gasteiger partial charge in [0.25, 0.3) is 0 Å². The van der Waals surface area contributed by atoms with E-state index in [1.165, 1.54) is 12.0 Å². The minimum Gasteiger partial charge on any atom is -0.493 e. The van der Waals surface area contributed by atoms with E-state index in [1.807, 2.05) is 17.8 Å². The van der Waals surface area contributed by atoms with E-state index < -0.39 is 0 Å². The second-order valence-electron chi connectivity index (χ2n) is 3.87. The minimum atomic E-state index is 0.796. The highest BCUT2D eigenvalue weighted by Gasteiger charge is 1.97. The summed E-state index contributed by atoms with van der Waals surface area (Å²) in [5, 5.41) is 3.40. The maximum atomic E-state index is 5.71.